The average Bonchev–Trinajstić information content (AvgIpc) is 2.18. The summed E-state index contributed by atoms with van der Waals surface area (Å²) in [4.78, 5) is 0. The predicted molar refractivity (Wildman–Crippen MR) is 57.6 cm³/mol. The molecule has 3 heteroatoms. The molecule has 1 rings (SSSR count). The van der Waals surface area contributed by atoms with Crippen molar-refractivity contribution in [1.82, 2.24) is 0 Å². The second-order valence-corrected chi connectivity index (χ2v) is 2.83. The molecule has 0 aliphatic heterocycles. The zero-order chi connectivity index (χ0) is 10.4. The first-order valence-corrected chi connectivity index (χ1v) is 4.28. The summed E-state index contributed by atoms with van der Waals surface area (Å²) in [6.07, 6.45) is 5.01. The molecule has 1 aromatic rings. The van der Waals surface area contributed by atoms with Crippen LogP contribution in [0, 0.1) is 5.21 Å². The lowest BCUT2D eigenvalue weighted by molar-refractivity contribution is -0.416. The molecule has 0 heterocycles. The molecule has 0 radical (unpaired) electrons. The molecule has 74 valence electrons. The van der Waals surface area contributed by atoms with Gasteiger partial charge in [0.1, 0.15) is 12.8 Å². The fourth-order valence-corrected chi connectivity index (χ4v) is 0.990. The van der Waals surface area contributed by atoms with Gasteiger partial charge in [0.2, 0.25) is 0 Å². The van der Waals surface area contributed by atoms with Crippen LogP contribution in [0.3, 0.4) is 0 Å². The minimum absolute atomic E-state index is 0.750. The fourth-order valence-electron chi connectivity index (χ4n) is 0.990. The zero-order valence-corrected chi connectivity index (χ0v) is 8.31. The smallest absolute Gasteiger partial charge is 0.174 e. The maximum atomic E-state index is 10.5. The Morgan fingerprint density at radius 3 is 2.43 bits per heavy atom. The highest BCUT2D eigenvalue weighted by Gasteiger charge is 1.89. The molecule has 0 atom stereocenters. The average molecular weight is 191 g/mol. The van der Waals surface area contributed by atoms with E-state index >= 15 is 0 Å². The summed E-state index contributed by atoms with van der Waals surface area (Å²) in [6, 6.07) is 7.60. The van der Waals surface area contributed by atoms with Crippen LogP contribution in [0.5, 0.6) is 5.75 Å². The van der Waals surface area contributed by atoms with E-state index in [9.17, 15) is 5.21 Å². The minimum atomic E-state index is 0.750. The lowest BCUT2D eigenvalue weighted by Crippen LogP contribution is -1.91. The molecular weight excluding hydrogens is 178 g/mol. The first kappa shape index (κ1) is 10.3. The Balaban J connectivity index is 2.69. The van der Waals surface area contributed by atoms with Gasteiger partial charge in [-0.3, -0.25) is 0 Å². The van der Waals surface area contributed by atoms with Crippen molar-refractivity contribution < 1.29 is 9.48 Å². The molecule has 3 nitrogen and oxygen atoms in total. The molecule has 0 N–H and O–H groups in total. The second-order valence-electron chi connectivity index (χ2n) is 2.83. The molecule has 0 saturated heterocycles. The molecule has 1 aromatic carbocycles. The van der Waals surface area contributed by atoms with Gasteiger partial charge in [0.15, 0.2) is 6.21 Å². The van der Waals surface area contributed by atoms with E-state index in [4.69, 9.17) is 4.74 Å². The van der Waals surface area contributed by atoms with E-state index in [0.717, 1.165) is 16.1 Å². The van der Waals surface area contributed by atoms with Gasteiger partial charge >= 0.3 is 0 Å². The highest BCUT2D eigenvalue weighted by molar-refractivity contribution is 5.74. The number of rotatable bonds is 3. The molecule has 0 aliphatic rings. The van der Waals surface area contributed by atoms with Gasteiger partial charge in [-0.15, -0.1) is 0 Å². The van der Waals surface area contributed by atoms with Gasteiger partial charge in [-0.1, -0.05) is 12.1 Å². The molecule has 0 bridgehead atoms. The van der Waals surface area contributed by atoms with Crippen molar-refractivity contribution in [3.63, 3.8) is 0 Å². The molecule has 0 saturated carbocycles. The normalized spacial score (nSPS) is 12.0. The van der Waals surface area contributed by atoms with Crippen molar-refractivity contribution in [2.45, 2.75) is 0 Å². The lowest BCUT2D eigenvalue weighted by Gasteiger charge is -1.98. The highest BCUT2D eigenvalue weighted by Crippen LogP contribution is 2.11. The number of hydrogen-bond acceptors (Lipinski definition) is 2. The van der Waals surface area contributed by atoms with E-state index < -0.39 is 0 Å². The van der Waals surface area contributed by atoms with E-state index in [-0.39, 0.29) is 0 Å². The first-order valence-electron chi connectivity index (χ1n) is 4.28. The van der Waals surface area contributed by atoms with Crippen molar-refractivity contribution in [2.24, 2.45) is 0 Å². The lowest BCUT2D eigenvalue weighted by atomic mass is 10.2. The monoisotopic (exact) mass is 191 g/mol. The van der Waals surface area contributed by atoms with Crippen LogP contribution >= 0.6 is 0 Å². The van der Waals surface area contributed by atoms with Crippen LogP contribution in [0.1, 0.15) is 5.56 Å². The third-order valence-electron chi connectivity index (χ3n) is 1.70. The van der Waals surface area contributed by atoms with Gasteiger partial charge in [0.05, 0.1) is 7.11 Å². The molecule has 14 heavy (non-hydrogen) atoms. The number of benzene rings is 1. The van der Waals surface area contributed by atoms with Crippen LogP contribution < -0.4 is 4.74 Å². The predicted octanol–water partition coefficient (Wildman–Crippen LogP) is 1.92. The minimum Gasteiger partial charge on any atom is -0.624 e. The van der Waals surface area contributed by atoms with E-state index in [1.807, 2.05) is 30.3 Å². The van der Waals surface area contributed by atoms with Crippen LogP contribution in [-0.4, -0.2) is 25.1 Å². The maximum Gasteiger partial charge on any atom is 0.174 e. The summed E-state index contributed by atoms with van der Waals surface area (Å²) in [7, 11) is 3.07. The van der Waals surface area contributed by atoms with Crippen molar-refractivity contribution in [3.05, 3.63) is 41.1 Å². The van der Waals surface area contributed by atoms with Gasteiger partial charge in [-0.05, 0) is 23.8 Å². The summed E-state index contributed by atoms with van der Waals surface area (Å²) in [5.74, 6) is 0.826. The number of nitrogens with zero attached hydrogens (tertiary/aromatic N) is 1. The van der Waals surface area contributed by atoms with E-state index in [1.54, 1.807) is 13.2 Å². The Morgan fingerprint density at radius 2 is 1.93 bits per heavy atom. The van der Waals surface area contributed by atoms with Crippen LogP contribution in [0.25, 0.3) is 6.08 Å². The quantitative estimate of drug-likeness (QED) is 0.316. The van der Waals surface area contributed by atoms with Gasteiger partial charge in [-0.25, -0.2) is 4.74 Å². The van der Waals surface area contributed by atoms with Crippen LogP contribution in [0.4, 0.5) is 0 Å². The van der Waals surface area contributed by atoms with Crippen molar-refractivity contribution >= 4 is 12.3 Å². The molecular formula is C11H13NO2. The van der Waals surface area contributed by atoms with Crippen LogP contribution in [-0.2, 0) is 0 Å². The number of allylic oxidation sites excluding steroid dienone is 1. The van der Waals surface area contributed by atoms with Gasteiger partial charge in [0, 0.05) is 6.08 Å². The standard InChI is InChI=1S/C11H13NO2/c1-12(13)9-3-4-10-5-7-11(14-2)8-6-10/h3-9H,1-2H3/b4-3+,12-9+. The van der Waals surface area contributed by atoms with Crippen molar-refractivity contribution in [2.75, 3.05) is 14.2 Å². The Bertz CT molecular complexity index is 335. The Labute approximate surface area is 83.5 Å². The largest absolute Gasteiger partial charge is 0.624 e. The highest BCUT2D eigenvalue weighted by atomic mass is 16.5. The molecule has 0 fully saturated rings. The molecule has 0 spiro atoms. The number of methoxy groups -OCH3 is 1. The third kappa shape index (κ3) is 3.31. The summed E-state index contributed by atoms with van der Waals surface area (Å²) >= 11 is 0. The molecule has 0 aliphatic carbocycles. The second kappa shape index (κ2) is 5.07. The number of hydroxylamine groups is 1. The first-order chi connectivity index (χ1) is 6.72. The number of hydrogen-bond donors (Lipinski definition) is 0. The summed E-state index contributed by atoms with van der Waals surface area (Å²) in [6.45, 7) is 0. The molecule has 0 aromatic heterocycles. The Morgan fingerprint density at radius 1 is 1.29 bits per heavy atom. The van der Waals surface area contributed by atoms with Crippen molar-refractivity contribution in [3.8, 4) is 5.75 Å². The topological polar surface area (TPSA) is 35.3 Å². The van der Waals surface area contributed by atoms with Crippen LogP contribution in [0.2, 0.25) is 0 Å². The van der Waals surface area contributed by atoms with E-state index in [2.05, 4.69) is 0 Å². The zero-order valence-electron chi connectivity index (χ0n) is 8.31. The van der Waals surface area contributed by atoms with Gasteiger partial charge in [-0.2, -0.15) is 0 Å². The SMILES string of the molecule is COc1ccc(/C=C/C=[N+](\C)[O-])cc1. The maximum absolute atomic E-state index is 10.5. The summed E-state index contributed by atoms with van der Waals surface area (Å²) in [5.41, 5.74) is 1.03. The Kier molecular flexibility index (Phi) is 3.73. The summed E-state index contributed by atoms with van der Waals surface area (Å²) < 4.78 is 5.77. The van der Waals surface area contributed by atoms with E-state index in [1.165, 1.54) is 13.3 Å². The van der Waals surface area contributed by atoms with E-state index in [0.29, 0.717) is 0 Å². The molecule has 0 amide bonds. The molecule has 0 unspecified atom stereocenters. The number of ether oxygens (including phenoxy) is 1. The van der Waals surface area contributed by atoms with Crippen LogP contribution in [0.15, 0.2) is 30.3 Å². The fraction of sp³-hybridized carbons (Fsp3) is 0.182. The Hall–Kier alpha value is -1.77. The summed E-state index contributed by atoms with van der Waals surface area (Å²) in [5, 5.41) is 10.5. The van der Waals surface area contributed by atoms with Gasteiger partial charge in [0.25, 0.3) is 0 Å². The van der Waals surface area contributed by atoms with Crippen molar-refractivity contribution in [1.29, 1.82) is 0 Å². The third-order valence-corrected chi connectivity index (χ3v) is 1.70. The van der Waals surface area contributed by atoms with Gasteiger partial charge < -0.3 is 9.94 Å².